The fraction of sp³-hybridized carbons (Fsp3) is 0.533. The zero-order valence-electron chi connectivity index (χ0n) is 12.7. The first-order chi connectivity index (χ1) is 10.7. The maximum Gasteiger partial charge on any atom is 0.237 e. The monoisotopic (exact) mass is 319 g/mol. The van der Waals surface area contributed by atoms with E-state index in [1.807, 2.05) is 13.0 Å². The smallest absolute Gasteiger partial charge is 0.237 e. The van der Waals surface area contributed by atoms with E-state index in [2.05, 4.69) is 36.8 Å². The van der Waals surface area contributed by atoms with Gasteiger partial charge in [0.25, 0.3) is 0 Å². The van der Waals surface area contributed by atoms with E-state index < -0.39 is 0 Å². The third-order valence-corrected chi connectivity index (χ3v) is 5.15. The maximum absolute atomic E-state index is 12.3. The number of likely N-dealkylation sites (tertiary alicyclic amines) is 1. The van der Waals surface area contributed by atoms with Crippen molar-refractivity contribution in [1.29, 1.82) is 0 Å². The number of hydrogen-bond acceptors (Lipinski definition) is 5. The molecule has 0 aliphatic carbocycles. The van der Waals surface area contributed by atoms with Crippen LogP contribution in [0.4, 0.5) is 0 Å². The van der Waals surface area contributed by atoms with Gasteiger partial charge in [0.05, 0.1) is 6.04 Å². The van der Waals surface area contributed by atoms with Gasteiger partial charge in [-0.15, -0.1) is 11.3 Å². The molecule has 0 aromatic carbocycles. The van der Waals surface area contributed by atoms with Gasteiger partial charge < -0.3 is 5.32 Å². The van der Waals surface area contributed by atoms with Gasteiger partial charge in [0.2, 0.25) is 5.91 Å². The Hall–Kier alpha value is -1.73. The lowest BCUT2D eigenvalue weighted by atomic mass is 10.1. The normalized spacial score (nSPS) is 20.1. The van der Waals surface area contributed by atoms with Crippen LogP contribution < -0.4 is 5.32 Å². The highest BCUT2D eigenvalue weighted by molar-refractivity contribution is 7.09. The molecule has 1 amide bonds. The van der Waals surface area contributed by atoms with Crippen molar-refractivity contribution >= 4 is 17.2 Å². The number of amides is 1. The first-order valence-electron chi connectivity index (χ1n) is 7.63. The number of aromatic nitrogens is 3. The molecule has 2 N–H and O–H groups in total. The van der Waals surface area contributed by atoms with Gasteiger partial charge in [-0.2, -0.15) is 5.10 Å². The number of thiophene rings is 1. The Kier molecular flexibility index (Phi) is 4.84. The average Bonchev–Trinajstić information content (AvgIpc) is 3.26. The largest absolute Gasteiger partial charge is 0.354 e. The molecule has 118 valence electrons. The van der Waals surface area contributed by atoms with Crippen LogP contribution in [0.3, 0.4) is 0 Å². The van der Waals surface area contributed by atoms with Crippen LogP contribution in [0, 0.1) is 0 Å². The summed E-state index contributed by atoms with van der Waals surface area (Å²) in [7, 11) is 0. The summed E-state index contributed by atoms with van der Waals surface area (Å²) in [5, 5.41) is 11.9. The molecule has 0 unspecified atom stereocenters. The van der Waals surface area contributed by atoms with Crippen molar-refractivity contribution in [2.24, 2.45) is 0 Å². The lowest BCUT2D eigenvalue weighted by molar-refractivity contribution is -0.125. The molecule has 0 spiro atoms. The molecule has 2 atom stereocenters. The maximum atomic E-state index is 12.3. The second-order valence-electron chi connectivity index (χ2n) is 5.65. The Bertz CT molecular complexity index is 583. The molecule has 1 saturated heterocycles. The molecule has 0 saturated carbocycles. The van der Waals surface area contributed by atoms with E-state index in [-0.39, 0.29) is 11.9 Å². The number of carbonyl (C=O) groups is 1. The molecule has 0 radical (unpaired) electrons. The SMILES string of the molecule is C[C@@H](C(=O)NCCc1cccs1)N1CC[C@@H](c2ncn[nH]2)C1. The fourth-order valence-corrected chi connectivity index (χ4v) is 3.56. The van der Waals surface area contributed by atoms with E-state index in [0.717, 1.165) is 31.8 Å². The predicted molar refractivity (Wildman–Crippen MR) is 85.8 cm³/mol. The Morgan fingerprint density at radius 1 is 1.64 bits per heavy atom. The Morgan fingerprint density at radius 2 is 2.55 bits per heavy atom. The van der Waals surface area contributed by atoms with Gasteiger partial charge >= 0.3 is 0 Å². The summed E-state index contributed by atoms with van der Waals surface area (Å²) in [6.07, 6.45) is 3.46. The second kappa shape index (κ2) is 7.02. The van der Waals surface area contributed by atoms with Crippen LogP contribution in [-0.4, -0.2) is 51.7 Å². The van der Waals surface area contributed by atoms with E-state index in [1.54, 1.807) is 17.7 Å². The van der Waals surface area contributed by atoms with Gasteiger partial charge in [0.1, 0.15) is 12.2 Å². The molecule has 3 rings (SSSR count). The quantitative estimate of drug-likeness (QED) is 0.844. The Morgan fingerprint density at radius 3 is 3.27 bits per heavy atom. The van der Waals surface area contributed by atoms with Crippen LogP contribution >= 0.6 is 11.3 Å². The number of hydrogen-bond donors (Lipinski definition) is 2. The first kappa shape index (κ1) is 15.2. The molecule has 1 aliphatic heterocycles. The third kappa shape index (κ3) is 3.53. The number of nitrogens with zero attached hydrogens (tertiary/aromatic N) is 3. The van der Waals surface area contributed by atoms with Gasteiger partial charge in [-0.3, -0.25) is 14.8 Å². The van der Waals surface area contributed by atoms with Crippen molar-refractivity contribution in [3.05, 3.63) is 34.5 Å². The highest BCUT2D eigenvalue weighted by Crippen LogP contribution is 2.25. The van der Waals surface area contributed by atoms with Crippen LogP contribution in [0.15, 0.2) is 23.8 Å². The van der Waals surface area contributed by atoms with E-state index >= 15 is 0 Å². The van der Waals surface area contributed by atoms with Crippen molar-refractivity contribution in [2.45, 2.75) is 31.7 Å². The molecule has 0 bridgehead atoms. The minimum absolute atomic E-state index is 0.101. The molecule has 2 aromatic rings. The molecule has 3 heterocycles. The van der Waals surface area contributed by atoms with Crippen molar-refractivity contribution in [3.63, 3.8) is 0 Å². The summed E-state index contributed by atoms with van der Waals surface area (Å²) in [5.41, 5.74) is 0. The lowest BCUT2D eigenvalue weighted by Gasteiger charge is -2.23. The van der Waals surface area contributed by atoms with Crippen LogP contribution in [0.25, 0.3) is 0 Å². The van der Waals surface area contributed by atoms with Gasteiger partial charge in [-0.1, -0.05) is 6.07 Å². The van der Waals surface area contributed by atoms with Crippen LogP contribution in [0.5, 0.6) is 0 Å². The van der Waals surface area contributed by atoms with E-state index in [0.29, 0.717) is 12.5 Å². The van der Waals surface area contributed by atoms with Gasteiger partial charge in [-0.25, -0.2) is 4.98 Å². The van der Waals surface area contributed by atoms with Crippen LogP contribution in [0.2, 0.25) is 0 Å². The van der Waals surface area contributed by atoms with Crippen molar-refractivity contribution in [3.8, 4) is 0 Å². The molecule has 2 aromatic heterocycles. The van der Waals surface area contributed by atoms with Crippen molar-refractivity contribution in [2.75, 3.05) is 19.6 Å². The lowest BCUT2D eigenvalue weighted by Crippen LogP contribution is -2.44. The predicted octanol–water partition coefficient (Wildman–Crippen LogP) is 1.40. The topological polar surface area (TPSA) is 73.9 Å². The number of aromatic amines is 1. The number of rotatable bonds is 6. The molecule has 7 heteroatoms. The minimum atomic E-state index is -0.101. The summed E-state index contributed by atoms with van der Waals surface area (Å²) in [5.74, 6) is 1.38. The molecular formula is C15H21N5OS. The summed E-state index contributed by atoms with van der Waals surface area (Å²) in [6.45, 7) is 4.45. The Balaban J connectivity index is 1.45. The number of H-pyrrole nitrogens is 1. The van der Waals surface area contributed by atoms with E-state index in [1.165, 1.54) is 4.88 Å². The summed E-state index contributed by atoms with van der Waals surface area (Å²) in [6, 6.07) is 4.04. The van der Waals surface area contributed by atoms with Crippen molar-refractivity contribution < 1.29 is 4.79 Å². The van der Waals surface area contributed by atoms with Gasteiger partial charge in [-0.05, 0) is 37.8 Å². The summed E-state index contributed by atoms with van der Waals surface area (Å²) >= 11 is 1.73. The molecule has 6 nitrogen and oxygen atoms in total. The average molecular weight is 319 g/mol. The van der Waals surface area contributed by atoms with Crippen LogP contribution in [0.1, 0.15) is 30.0 Å². The molecule has 1 aliphatic rings. The molecule has 22 heavy (non-hydrogen) atoms. The highest BCUT2D eigenvalue weighted by Gasteiger charge is 2.31. The second-order valence-corrected chi connectivity index (χ2v) is 6.68. The first-order valence-corrected chi connectivity index (χ1v) is 8.51. The van der Waals surface area contributed by atoms with Crippen LogP contribution in [-0.2, 0) is 11.2 Å². The zero-order chi connectivity index (χ0) is 15.4. The summed E-state index contributed by atoms with van der Waals surface area (Å²) < 4.78 is 0. The molecular weight excluding hydrogens is 298 g/mol. The van der Waals surface area contributed by atoms with Gasteiger partial charge in [0.15, 0.2) is 0 Å². The van der Waals surface area contributed by atoms with Gasteiger partial charge in [0, 0.05) is 23.9 Å². The molecule has 1 fully saturated rings. The summed E-state index contributed by atoms with van der Waals surface area (Å²) in [4.78, 5) is 20.0. The Labute approximate surface area is 133 Å². The third-order valence-electron chi connectivity index (χ3n) is 4.22. The fourth-order valence-electron chi connectivity index (χ4n) is 2.85. The zero-order valence-corrected chi connectivity index (χ0v) is 13.5. The number of nitrogens with one attached hydrogen (secondary N) is 2. The highest BCUT2D eigenvalue weighted by atomic mass is 32.1. The standard InChI is InChI=1S/C15H21N5OS/c1-11(15(21)16-6-4-13-3-2-8-22-13)20-7-5-12(9-20)14-17-10-18-19-14/h2-3,8,10-12H,4-7,9H2,1H3,(H,16,21)(H,17,18,19)/t11-,12+/m0/s1. The van der Waals surface area contributed by atoms with E-state index in [9.17, 15) is 4.79 Å². The van der Waals surface area contributed by atoms with E-state index in [4.69, 9.17) is 0 Å². The minimum Gasteiger partial charge on any atom is -0.354 e. The number of carbonyl (C=O) groups excluding carboxylic acids is 1. The van der Waals surface area contributed by atoms with Crippen molar-refractivity contribution in [1.82, 2.24) is 25.4 Å².